The fourth-order valence-electron chi connectivity index (χ4n) is 4.53. The number of hydrogen-bond acceptors (Lipinski definition) is 7. The number of ether oxygens (including phenoxy) is 3. The van der Waals surface area contributed by atoms with Gasteiger partial charge in [0.2, 0.25) is 0 Å². The topological polar surface area (TPSA) is 88.5 Å². The quantitative estimate of drug-likeness (QED) is 0.407. The molecule has 184 valence electrons. The van der Waals surface area contributed by atoms with Crippen molar-refractivity contribution in [1.82, 2.24) is 0 Å². The molecule has 0 aromatic heterocycles. The zero-order chi connectivity index (χ0) is 24.6. The third-order valence-corrected chi connectivity index (χ3v) is 6.51. The average Bonchev–Trinajstić information content (AvgIpc) is 2.87. The van der Waals surface area contributed by atoms with Crippen LogP contribution in [0.15, 0.2) is 60.7 Å². The van der Waals surface area contributed by atoms with Gasteiger partial charge in [0.05, 0.1) is 45.6 Å². The van der Waals surface area contributed by atoms with Gasteiger partial charge in [-0.05, 0) is 42.7 Å². The molecule has 0 saturated carbocycles. The molecule has 1 fully saturated rings. The van der Waals surface area contributed by atoms with Crippen LogP contribution in [0.25, 0.3) is 0 Å². The summed E-state index contributed by atoms with van der Waals surface area (Å²) in [6.07, 6.45) is 3.51. The second-order valence-corrected chi connectivity index (χ2v) is 8.64. The maximum Gasteiger partial charge on any atom is 0.308 e. The van der Waals surface area contributed by atoms with Crippen LogP contribution >= 0.6 is 0 Å². The van der Waals surface area contributed by atoms with Gasteiger partial charge in [-0.3, -0.25) is 4.79 Å². The van der Waals surface area contributed by atoms with Crippen molar-refractivity contribution in [2.24, 2.45) is 0 Å². The van der Waals surface area contributed by atoms with Crippen LogP contribution in [0, 0.1) is 0 Å². The van der Waals surface area contributed by atoms with Crippen molar-refractivity contribution in [2.45, 2.75) is 43.3 Å². The second kappa shape index (κ2) is 11.9. The van der Waals surface area contributed by atoms with Crippen LogP contribution in [0.5, 0.6) is 11.5 Å². The van der Waals surface area contributed by atoms with E-state index in [-0.39, 0.29) is 18.3 Å². The number of rotatable bonds is 10. The Hall–Kier alpha value is -3.03. The van der Waals surface area contributed by atoms with Crippen LogP contribution < -0.4 is 14.4 Å². The van der Waals surface area contributed by atoms with Crippen molar-refractivity contribution in [3.63, 3.8) is 0 Å². The smallest absolute Gasteiger partial charge is 0.308 e. The number of para-hydroxylation sites is 2. The highest BCUT2D eigenvalue weighted by Gasteiger charge is 2.35. The van der Waals surface area contributed by atoms with Crippen molar-refractivity contribution in [2.75, 3.05) is 39.3 Å². The highest BCUT2D eigenvalue weighted by molar-refractivity contribution is 5.69. The maximum atomic E-state index is 11.4. The van der Waals surface area contributed by atoms with Crippen LogP contribution in [-0.2, 0) is 14.9 Å². The van der Waals surface area contributed by atoms with E-state index in [9.17, 15) is 15.0 Å². The number of esters is 1. The number of anilines is 1. The fraction of sp³-hybridized carbons (Fsp3) is 0.444. The molecule has 1 heterocycles. The molecule has 1 saturated heterocycles. The fourth-order valence-corrected chi connectivity index (χ4v) is 4.53. The number of nitrogens with zero attached hydrogens (tertiary/aromatic N) is 1. The lowest BCUT2D eigenvalue weighted by Crippen LogP contribution is -2.42. The summed E-state index contributed by atoms with van der Waals surface area (Å²) in [5.41, 5.74) is 1.88. The minimum absolute atomic E-state index is 0.0626. The monoisotopic (exact) mass is 469 g/mol. The molecule has 2 unspecified atom stereocenters. The Morgan fingerprint density at radius 3 is 2.47 bits per heavy atom. The highest BCUT2D eigenvalue weighted by atomic mass is 16.5. The Morgan fingerprint density at radius 2 is 1.79 bits per heavy atom. The van der Waals surface area contributed by atoms with E-state index in [1.165, 1.54) is 7.11 Å². The SMILES string of the molecule is COC(=O)CC(O)CC(O)/C=C/C1(c2cccc(OC)c2)CCN(c2ccccc2OC)CC1. The molecule has 7 nitrogen and oxygen atoms in total. The Bertz CT molecular complexity index is 967. The minimum atomic E-state index is -0.965. The largest absolute Gasteiger partial charge is 0.497 e. The number of aliphatic hydroxyl groups is 2. The molecule has 2 atom stereocenters. The molecule has 2 aromatic carbocycles. The Kier molecular flexibility index (Phi) is 8.96. The van der Waals surface area contributed by atoms with Crippen LogP contribution in [0.4, 0.5) is 5.69 Å². The Balaban J connectivity index is 1.81. The molecule has 7 heteroatoms. The van der Waals surface area contributed by atoms with Crippen LogP contribution in [0.1, 0.15) is 31.2 Å². The second-order valence-electron chi connectivity index (χ2n) is 8.64. The molecule has 0 bridgehead atoms. The molecule has 2 aromatic rings. The normalized spacial score (nSPS) is 17.3. The van der Waals surface area contributed by atoms with Crippen molar-refractivity contribution in [3.05, 3.63) is 66.2 Å². The molecule has 1 aliphatic heterocycles. The first-order valence-corrected chi connectivity index (χ1v) is 11.6. The van der Waals surface area contributed by atoms with Crippen molar-refractivity contribution in [1.29, 1.82) is 0 Å². The molecule has 1 aliphatic rings. The maximum absolute atomic E-state index is 11.4. The molecule has 3 rings (SSSR count). The van der Waals surface area contributed by atoms with Crippen LogP contribution in [-0.4, -0.2) is 62.8 Å². The van der Waals surface area contributed by atoms with Gasteiger partial charge in [0.15, 0.2) is 0 Å². The summed E-state index contributed by atoms with van der Waals surface area (Å²) in [6, 6.07) is 16.0. The Morgan fingerprint density at radius 1 is 1.06 bits per heavy atom. The van der Waals surface area contributed by atoms with Gasteiger partial charge in [0.25, 0.3) is 0 Å². The third-order valence-electron chi connectivity index (χ3n) is 6.51. The molecule has 0 aliphatic carbocycles. The predicted octanol–water partition coefficient (Wildman–Crippen LogP) is 3.47. The van der Waals surface area contributed by atoms with Gasteiger partial charge in [-0.1, -0.05) is 36.4 Å². The van der Waals surface area contributed by atoms with Gasteiger partial charge in [-0.25, -0.2) is 0 Å². The molecule has 0 radical (unpaired) electrons. The van der Waals surface area contributed by atoms with E-state index in [4.69, 9.17) is 9.47 Å². The minimum Gasteiger partial charge on any atom is -0.497 e. The number of carbonyl (C=O) groups is 1. The van der Waals surface area contributed by atoms with Gasteiger partial charge in [-0.2, -0.15) is 0 Å². The predicted molar refractivity (Wildman–Crippen MR) is 132 cm³/mol. The zero-order valence-corrected chi connectivity index (χ0v) is 20.1. The van der Waals surface area contributed by atoms with Gasteiger partial charge in [0.1, 0.15) is 11.5 Å². The van der Waals surface area contributed by atoms with Gasteiger partial charge >= 0.3 is 5.97 Å². The number of allylic oxidation sites excluding steroid dienone is 1. The summed E-state index contributed by atoms with van der Waals surface area (Å²) in [5, 5.41) is 20.6. The molecule has 2 N–H and O–H groups in total. The molecular weight excluding hydrogens is 434 g/mol. The first-order chi connectivity index (χ1) is 16.4. The van der Waals surface area contributed by atoms with E-state index in [1.54, 1.807) is 20.3 Å². The van der Waals surface area contributed by atoms with Crippen LogP contribution in [0.3, 0.4) is 0 Å². The number of methoxy groups -OCH3 is 3. The molecular formula is C27H35NO6. The summed E-state index contributed by atoms with van der Waals surface area (Å²) in [6.45, 7) is 1.62. The Labute approximate surface area is 201 Å². The summed E-state index contributed by atoms with van der Waals surface area (Å²) >= 11 is 0. The van der Waals surface area contributed by atoms with Crippen molar-refractivity contribution < 1.29 is 29.2 Å². The van der Waals surface area contributed by atoms with Crippen molar-refractivity contribution >= 4 is 11.7 Å². The summed E-state index contributed by atoms with van der Waals surface area (Å²) in [4.78, 5) is 13.7. The number of aliphatic hydroxyl groups excluding tert-OH is 2. The van der Waals surface area contributed by atoms with Gasteiger partial charge < -0.3 is 29.3 Å². The average molecular weight is 470 g/mol. The molecule has 0 amide bonds. The summed E-state index contributed by atoms with van der Waals surface area (Å²) in [5.74, 6) is 1.13. The number of benzene rings is 2. The summed E-state index contributed by atoms with van der Waals surface area (Å²) in [7, 11) is 4.61. The van der Waals surface area contributed by atoms with Gasteiger partial charge in [0, 0.05) is 24.9 Å². The van der Waals surface area contributed by atoms with E-state index in [1.807, 2.05) is 36.4 Å². The lowest BCUT2D eigenvalue weighted by Gasteiger charge is -2.42. The lowest BCUT2D eigenvalue weighted by molar-refractivity contribution is -0.143. The number of piperidine rings is 1. The van der Waals surface area contributed by atoms with E-state index >= 15 is 0 Å². The highest BCUT2D eigenvalue weighted by Crippen LogP contribution is 2.41. The van der Waals surface area contributed by atoms with Gasteiger partial charge in [-0.15, -0.1) is 0 Å². The van der Waals surface area contributed by atoms with Crippen molar-refractivity contribution in [3.8, 4) is 11.5 Å². The van der Waals surface area contributed by atoms with Crippen LogP contribution in [0.2, 0.25) is 0 Å². The zero-order valence-electron chi connectivity index (χ0n) is 20.1. The lowest BCUT2D eigenvalue weighted by atomic mass is 9.72. The van der Waals surface area contributed by atoms with E-state index in [0.717, 1.165) is 48.7 Å². The first-order valence-electron chi connectivity index (χ1n) is 11.6. The summed E-state index contributed by atoms with van der Waals surface area (Å²) < 4.78 is 15.6. The van der Waals surface area contributed by atoms with E-state index in [0.29, 0.717) is 0 Å². The van der Waals surface area contributed by atoms with E-state index < -0.39 is 18.2 Å². The number of carbonyl (C=O) groups excluding carboxylic acids is 1. The number of hydrogen-bond donors (Lipinski definition) is 2. The first kappa shape index (κ1) is 25.6. The van der Waals surface area contributed by atoms with E-state index in [2.05, 4.69) is 27.8 Å². The third kappa shape index (κ3) is 6.30. The molecule has 34 heavy (non-hydrogen) atoms. The molecule has 0 spiro atoms. The standard InChI is InChI=1S/C27H35NO6/c1-32-23-8-6-7-20(17-23)27(12-11-21(29)18-22(30)19-26(31)34-3)13-15-28(16-14-27)24-9-4-5-10-25(24)33-2/h4-12,17,21-22,29-30H,13-16,18-19H2,1-3H3/b12-11+.